The molecule has 4 rings (SSSR count). The van der Waals surface area contributed by atoms with E-state index in [1.54, 1.807) is 6.07 Å². The van der Waals surface area contributed by atoms with Gasteiger partial charge in [0.25, 0.3) is 5.91 Å². The molecule has 4 N–H and O–H groups in total. The molecule has 0 aliphatic heterocycles. The molecule has 232 valence electrons. The van der Waals surface area contributed by atoms with Gasteiger partial charge in [0.15, 0.2) is 5.82 Å². The molecule has 10 heteroatoms. The number of aromatic nitrogens is 2. The minimum Gasteiger partial charge on any atom is -0.475 e. The molecule has 1 aliphatic carbocycles. The zero-order valence-electron chi connectivity index (χ0n) is 26.2. The molecule has 2 amide bonds. The number of aliphatic carboxylic acids is 1. The monoisotopic (exact) mass is 615 g/mol. The van der Waals surface area contributed by atoms with Crippen LogP contribution in [0.25, 0.3) is 17.0 Å². The Balaban J connectivity index is 1.46. The van der Waals surface area contributed by atoms with Crippen LogP contribution in [0.2, 0.25) is 0 Å². The van der Waals surface area contributed by atoms with Gasteiger partial charge in [-0.25, -0.2) is 14.8 Å². The molecule has 0 fully saturated rings. The summed E-state index contributed by atoms with van der Waals surface area (Å²) in [5.74, 6) is -2.51. The molecule has 1 aliphatic rings. The number of nitrogens with zero attached hydrogens (tertiary/aromatic N) is 2. The number of carbonyl (C=O) groups is 3. The second-order valence-corrected chi connectivity index (χ2v) is 14.5. The molecule has 0 spiro atoms. The Morgan fingerprint density at radius 2 is 1.66 bits per heavy atom. The van der Waals surface area contributed by atoms with Crippen molar-refractivity contribution in [3.8, 4) is 11.4 Å². The molecule has 2 aromatic heterocycles. The fourth-order valence-corrected chi connectivity index (χ4v) is 6.08. The summed E-state index contributed by atoms with van der Waals surface area (Å²) in [5, 5.41) is 21.4. The molecule has 0 saturated heterocycles. The Bertz CT molecular complexity index is 1560. The smallest absolute Gasteiger partial charge is 0.371 e. The van der Waals surface area contributed by atoms with Crippen LogP contribution in [0.5, 0.6) is 0 Å². The number of rotatable bonds is 7. The zero-order valence-corrected chi connectivity index (χ0v) is 27.0. The molecular formula is C34H41N5O4S. The van der Waals surface area contributed by atoms with E-state index in [1.165, 1.54) is 16.9 Å². The van der Waals surface area contributed by atoms with E-state index in [9.17, 15) is 14.4 Å². The highest BCUT2D eigenvalue weighted by Gasteiger charge is 2.28. The van der Waals surface area contributed by atoms with Gasteiger partial charge in [0.2, 0.25) is 11.7 Å². The van der Waals surface area contributed by atoms with Gasteiger partial charge in [-0.15, -0.1) is 11.3 Å². The number of carboxylic acid groups (broad SMARTS) is 1. The summed E-state index contributed by atoms with van der Waals surface area (Å²) in [6.45, 7) is 13.0. The van der Waals surface area contributed by atoms with Crippen LogP contribution in [-0.4, -0.2) is 44.7 Å². The number of hydrogen-bond acceptors (Lipinski definition) is 7. The number of hydrogen-bond donors (Lipinski definition) is 4. The van der Waals surface area contributed by atoms with Crippen molar-refractivity contribution >= 4 is 40.5 Å². The van der Waals surface area contributed by atoms with Crippen molar-refractivity contribution in [1.29, 1.82) is 5.41 Å². The molecule has 0 radical (unpaired) electrons. The third kappa shape index (κ3) is 8.25. The molecular weight excluding hydrogens is 574 g/mol. The van der Waals surface area contributed by atoms with Gasteiger partial charge in [0.05, 0.1) is 4.88 Å². The number of carbonyl (C=O) groups excluding carboxylic acids is 2. The van der Waals surface area contributed by atoms with Gasteiger partial charge in [0, 0.05) is 34.8 Å². The van der Waals surface area contributed by atoms with E-state index >= 15 is 0 Å². The topological polar surface area (TPSA) is 145 Å². The molecule has 1 aromatic carbocycles. The summed E-state index contributed by atoms with van der Waals surface area (Å²) in [6, 6.07) is 9.83. The molecule has 9 nitrogen and oxygen atoms in total. The normalized spacial score (nSPS) is 16.0. The van der Waals surface area contributed by atoms with Gasteiger partial charge in [-0.2, -0.15) is 0 Å². The van der Waals surface area contributed by atoms with Gasteiger partial charge in [-0.05, 0) is 59.3 Å². The van der Waals surface area contributed by atoms with E-state index in [1.807, 2.05) is 63.5 Å². The average molecular weight is 616 g/mol. The molecule has 0 bridgehead atoms. The number of amidine groups is 1. The van der Waals surface area contributed by atoms with Crippen LogP contribution in [0.4, 0.5) is 0 Å². The highest BCUT2D eigenvalue weighted by molar-refractivity contribution is 7.14. The van der Waals surface area contributed by atoms with Crippen molar-refractivity contribution in [2.45, 2.75) is 78.7 Å². The molecule has 44 heavy (non-hydrogen) atoms. The first kappa shape index (κ1) is 32.7. The lowest BCUT2D eigenvalue weighted by Gasteiger charge is -2.33. The summed E-state index contributed by atoms with van der Waals surface area (Å²) in [6.07, 6.45) is 9.36. The van der Waals surface area contributed by atoms with E-state index in [-0.39, 0.29) is 11.8 Å². The minimum absolute atomic E-state index is 0.0891. The standard InChI is InChI=1S/C34H41N5O4S/c1-33(2,3)24-13-11-21(12-14-24)23-18-36-29(37-19-23)22-9-7-20(8-10-22)17-25(30(40)39-28(35)32(42)43)38-31(41)26-15-16-27(44-26)34(4,5)6/h7-11,15-16,18-19,24-25H,12-14,17H2,1-6H3,(H,38,41)(H,42,43)(H2,35,39,40)/t24?,25-/m0/s1. The Morgan fingerprint density at radius 1 is 1.00 bits per heavy atom. The van der Waals surface area contributed by atoms with Crippen molar-refractivity contribution in [3.63, 3.8) is 0 Å². The number of allylic oxidation sites excluding steroid dienone is 2. The Kier molecular flexibility index (Phi) is 9.83. The first-order chi connectivity index (χ1) is 20.6. The summed E-state index contributed by atoms with van der Waals surface area (Å²) in [4.78, 5) is 47.8. The predicted molar refractivity (Wildman–Crippen MR) is 174 cm³/mol. The van der Waals surface area contributed by atoms with Gasteiger partial charge in [-0.3, -0.25) is 15.0 Å². The van der Waals surface area contributed by atoms with Crippen molar-refractivity contribution in [3.05, 3.63) is 75.7 Å². The summed E-state index contributed by atoms with van der Waals surface area (Å²) in [5.41, 5.74) is 4.02. The maximum absolute atomic E-state index is 13.1. The number of benzene rings is 1. The van der Waals surface area contributed by atoms with Crippen LogP contribution in [0.3, 0.4) is 0 Å². The Hall–Kier alpha value is -4.18. The number of amides is 2. The lowest BCUT2D eigenvalue weighted by atomic mass is 9.72. The fraction of sp³-hybridized carbons (Fsp3) is 0.412. The van der Waals surface area contributed by atoms with Crippen LogP contribution in [-0.2, 0) is 21.4 Å². The van der Waals surface area contributed by atoms with E-state index < -0.39 is 29.7 Å². The highest BCUT2D eigenvalue weighted by Crippen LogP contribution is 2.39. The van der Waals surface area contributed by atoms with Crippen molar-refractivity contribution in [2.75, 3.05) is 0 Å². The Labute approximate surface area is 262 Å². The van der Waals surface area contributed by atoms with Gasteiger partial charge < -0.3 is 15.7 Å². The highest BCUT2D eigenvalue weighted by atomic mass is 32.1. The van der Waals surface area contributed by atoms with Crippen LogP contribution in [0, 0.1) is 16.7 Å². The fourth-order valence-electron chi connectivity index (χ4n) is 5.12. The second-order valence-electron chi connectivity index (χ2n) is 13.4. The van der Waals surface area contributed by atoms with Crippen molar-refractivity contribution < 1.29 is 19.5 Å². The zero-order chi connectivity index (χ0) is 32.2. The lowest BCUT2D eigenvalue weighted by Crippen LogP contribution is -2.50. The van der Waals surface area contributed by atoms with E-state index in [0.717, 1.165) is 40.8 Å². The predicted octanol–water partition coefficient (Wildman–Crippen LogP) is 6.25. The van der Waals surface area contributed by atoms with Gasteiger partial charge in [-0.1, -0.05) is 71.9 Å². The van der Waals surface area contributed by atoms with E-state index in [0.29, 0.717) is 22.0 Å². The van der Waals surface area contributed by atoms with Crippen LogP contribution in [0.15, 0.2) is 54.9 Å². The molecule has 0 saturated carbocycles. The maximum atomic E-state index is 13.1. The summed E-state index contributed by atoms with van der Waals surface area (Å²) in [7, 11) is 0. The van der Waals surface area contributed by atoms with Crippen LogP contribution >= 0.6 is 11.3 Å². The number of nitrogens with one attached hydrogen (secondary N) is 3. The summed E-state index contributed by atoms with van der Waals surface area (Å²) >= 11 is 1.34. The molecule has 2 atom stereocenters. The number of thiophene rings is 1. The first-order valence-electron chi connectivity index (χ1n) is 14.8. The molecule has 1 unspecified atom stereocenters. The average Bonchev–Trinajstić information content (AvgIpc) is 3.48. The van der Waals surface area contributed by atoms with Crippen LogP contribution < -0.4 is 10.6 Å². The van der Waals surface area contributed by atoms with E-state index in [2.05, 4.69) is 47.4 Å². The third-order valence-corrected chi connectivity index (χ3v) is 9.47. The quantitative estimate of drug-likeness (QED) is 0.183. The third-order valence-electron chi connectivity index (χ3n) is 7.96. The van der Waals surface area contributed by atoms with E-state index in [4.69, 9.17) is 10.5 Å². The largest absolute Gasteiger partial charge is 0.475 e. The lowest BCUT2D eigenvalue weighted by molar-refractivity contribution is -0.131. The molecule has 3 aromatic rings. The van der Waals surface area contributed by atoms with Crippen LogP contribution in [0.1, 0.15) is 86.5 Å². The minimum atomic E-state index is -1.57. The summed E-state index contributed by atoms with van der Waals surface area (Å²) < 4.78 is 0. The number of carboxylic acids is 1. The maximum Gasteiger partial charge on any atom is 0.371 e. The first-order valence-corrected chi connectivity index (χ1v) is 15.6. The van der Waals surface area contributed by atoms with Crippen molar-refractivity contribution in [1.82, 2.24) is 20.6 Å². The van der Waals surface area contributed by atoms with Gasteiger partial charge >= 0.3 is 5.97 Å². The Morgan fingerprint density at radius 3 is 2.18 bits per heavy atom. The van der Waals surface area contributed by atoms with Gasteiger partial charge in [0.1, 0.15) is 6.04 Å². The second kappa shape index (κ2) is 13.2. The van der Waals surface area contributed by atoms with Crippen molar-refractivity contribution in [2.24, 2.45) is 11.3 Å². The SMILES string of the molecule is CC(C)(C)c1ccc(C(=O)N[C@@H](Cc2ccc(-c3ncc(C4=CCC(C(C)(C)C)CC4)cn3)cc2)C(=O)NC(=N)C(=O)O)s1. The molecule has 2 heterocycles.